The van der Waals surface area contributed by atoms with E-state index in [9.17, 15) is 8.42 Å². The maximum Gasteiger partial charge on any atom is 0.185 e. The lowest BCUT2D eigenvalue weighted by Crippen LogP contribution is -2.45. The van der Waals surface area contributed by atoms with Crippen LogP contribution in [0.1, 0.15) is 6.92 Å². The molecule has 0 bridgehead atoms. The highest BCUT2D eigenvalue weighted by molar-refractivity contribution is 7.92. The van der Waals surface area contributed by atoms with Crippen LogP contribution in [0.25, 0.3) is 10.4 Å². The Bertz CT molecular complexity index is 695. The van der Waals surface area contributed by atoms with Crippen molar-refractivity contribution in [3.05, 3.63) is 36.5 Å². The van der Waals surface area contributed by atoms with E-state index in [2.05, 4.69) is 22.0 Å². The summed E-state index contributed by atoms with van der Waals surface area (Å²) in [5.74, 6) is 0.217. The minimum absolute atomic E-state index is 0.217. The molecular formula is C14H16N2O2S2. The highest BCUT2D eigenvalue weighted by Crippen LogP contribution is 2.32. The zero-order chi connectivity index (χ0) is 14.2. The number of sulfone groups is 1. The molecule has 1 aromatic heterocycles. The Balaban J connectivity index is 1.82. The summed E-state index contributed by atoms with van der Waals surface area (Å²) in [5, 5.41) is 0.589. The molecule has 0 aliphatic carbocycles. The number of anilines is 1. The monoisotopic (exact) mass is 308 g/mol. The van der Waals surface area contributed by atoms with Gasteiger partial charge in [0.1, 0.15) is 0 Å². The number of hydrogen-bond acceptors (Lipinski definition) is 5. The smallest absolute Gasteiger partial charge is 0.185 e. The molecule has 1 aliphatic heterocycles. The van der Waals surface area contributed by atoms with Gasteiger partial charge in [-0.3, -0.25) is 0 Å². The van der Waals surface area contributed by atoms with Crippen molar-refractivity contribution in [3.63, 3.8) is 0 Å². The molecule has 1 atom stereocenters. The van der Waals surface area contributed by atoms with Gasteiger partial charge in [0.15, 0.2) is 15.0 Å². The van der Waals surface area contributed by atoms with Gasteiger partial charge in [-0.15, -0.1) is 0 Å². The van der Waals surface area contributed by atoms with Crippen LogP contribution in [0.2, 0.25) is 0 Å². The van der Waals surface area contributed by atoms with Crippen molar-refractivity contribution in [1.29, 1.82) is 0 Å². The molecule has 2 aromatic rings. The number of thiazole rings is 1. The first-order valence-corrected chi connectivity index (χ1v) is 9.07. The lowest BCUT2D eigenvalue weighted by atomic mass is 10.2. The molecule has 3 rings (SSSR count). The first kappa shape index (κ1) is 13.6. The van der Waals surface area contributed by atoms with Crippen LogP contribution < -0.4 is 4.90 Å². The van der Waals surface area contributed by atoms with Gasteiger partial charge in [0.2, 0.25) is 0 Å². The SMILES string of the molecule is CC1CN(c2ncc(-c3ccccc3)s2)CCS1(=O)=O. The lowest BCUT2D eigenvalue weighted by Gasteiger charge is -2.30. The van der Waals surface area contributed by atoms with Crippen LogP contribution in [0.3, 0.4) is 0 Å². The summed E-state index contributed by atoms with van der Waals surface area (Å²) in [5.41, 5.74) is 1.15. The number of nitrogens with zero attached hydrogens (tertiary/aromatic N) is 2. The molecule has 0 spiro atoms. The highest BCUT2D eigenvalue weighted by atomic mass is 32.2. The molecule has 1 aromatic carbocycles. The molecule has 0 radical (unpaired) electrons. The molecule has 1 fully saturated rings. The highest BCUT2D eigenvalue weighted by Gasteiger charge is 2.30. The summed E-state index contributed by atoms with van der Waals surface area (Å²) in [7, 11) is -2.91. The molecule has 0 amide bonds. The van der Waals surface area contributed by atoms with E-state index < -0.39 is 9.84 Å². The molecule has 20 heavy (non-hydrogen) atoms. The van der Waals surface area contributed by atoms with E-state index in [4.69, 9.17) is 0 Å². The van der Waals surface area contributed by atoms with Crippen molar-refractivity contribution < 1.29 is 8.42 Å². The Hall–Kier alpha value is -1.40. The van der Waals surface area contributed by atoms with E-state index in [0.717, 1.165) is 15.6 Å². The molecule has 1 saturated heterocycles. The number of benzene rings is 1. The van der Waals surface area contributed by atoms with Crippen molar-refractivity contribution in [2.45, 2.75) is 12.2 Å². The Morgan fingerprint density at radius 2 is 2.05 bits per heavy atom. The van der Waals surface area contributed by atoms with Crippen LogP contribution in [0.5, 0.6) is 0 Å². The normalized spacial score (nSPS) is 21.9. The van der Waals surface area contributed by atoms with Crippen LogP contribution in [0.4, 0.5) is 5.13 Å². The van der Waals surface area contributed by atoms with E-state index >= 15 is 0 Å². The molecule has 4 nitrogen and oxygen atoms in total. The predicted octanol–water partition coefficient (Wildman–Crippen LogP) is 2.43. The van der Waals surface area contributed by atoms with Crippen molar-refractivity contribution in [2.75, 3.05) is 23.7 Å². The van der Waals surface area contributed by atoms with Crippen molar-refractivity contribution >= 4 is 26.3 Å². The third-order valence-electron chi connectivity index (χ3n) is 3.56. The molecular weight excluding hydrogens is 292 g/mol. The maximum atomic E-state index is 11.7. The summed E-state index contributed by atoms with van der Waals surface area (Å²) in [4.78, 5) is 7.63. The standard InChI is InChI=1S/C14H16N2O2S2/c1-11-10-16(7-8-20(11,17)18)14-15-9-13(19-14)12-5-3-2-4-6-12/h2-6,9,11H,7-8,10H2,1H3. The maximum absolute atomic E-state index is 11.7. The molecule has 2 heterocycles. The number of aromatic nitrogens is 1. The Morgan fingerprint density at radius 3 is 2.75 bits per heavy atom. The van der Waals surface area contributed by atoms with Crippen molar-refractivity contribution in [2.24, 2.45) is 0 Å². The summed E-state index contributed by atoms with van der Waals surface area (Å²) in [6.07, 6.45) is 1.86. The van der Waals surface area contributed by atoms with Crippen LogP contribution in [-0.4, -0.2) is 37.5 Å². The van der Waals surface area contributed by atoms with Gasteiger partial charge >= 0.3 is 0 Å². The van der Waals surface area contributed by atoms with Crippen LogP contribution in [-0.2, 0) is 9.84 Å². The largest absolute Gasteiger partial charge is 0.346 e. The van der Waals surface area contributed by atoms with Crippen LogP contribution in [0.15, 0.2) is 36.5 Å². The second-order valence-corrected chi connectivity index (χ2v) is 8.54. The second-order valence-electron chi connectivity index (χ2n) is 5.00. The van der Waals surface area contributed by atoms with Gasteiger partial charge in [0.25, 0.3) is 0 Å². The summed E-state index contributed by atoms with van der Waals surface area (Å²) in [6.45, 7) is 2.84. The van der Waals surface area contributed by atoms with Gasteiger partial charge in [-0.2, -0.15) is 0 Å². The van der Waals surface area contributed by atoms with Crippen LogP contribution in [0, 0.1) is 0 Å². The Kier molecular flexibility index (Phi) is 3.52. The van der Waals surface area contributed by atoms with Gasteiger partial charge < -0.3 is 4.90 Å². The fourth-order valence-corrected chi connectivity index (χ4v) is 4.52. The fraction of sp³-hybridized carbons (Fsp3) is 0.357. The average molecular weight is 308 g/mol. The summed E-state index contributed by atoms with van der Waals surface area (Å²) < 4.78 is 23.5. The van der Waals surface area contributed by atoms with Crippen molar-refractivity contribution in [1.82, 2.24) is 4.98 Å². The molecule has 1 unspecified atom stereocenters. The molecule has 1 aliphatic rings. The van der Waals surface area contributed by atoms with Gasteiger partial charge in [0.05, 0.1) is 15.9 Å². The third kappa shape index (κ3) is 2.58. The summed E-state index contributed by atoms with van der Waals surface area (Å²) in [6, 6.07) is 10.1. The second kappa shape index (κ2) is 5.18. The van der Waals surface area contributed by atoms with Gasteiger partial charge in [-0.25, -0.2) is 13.4 Å². The first-order chi connectivity index (χ1) is 9.56. The minimum Gasteiger partial charge on any atom is -0.346 e. The average Bonchev–Trinajstić information content (AvgIpc) is 2.93. The zero-order valence-corrected chi connectivity index (χ0v) is 12.8. The van der Waals surface area contributed by atoms with Gasteiger partial charge in [-0.1, -0.05) is 41.7 Å². The molecule has 6 heteroatoms. The van der Waals surface area contributed by atoms with E-state index in [0.29, 0.717) is 13.1 Å². The van der Waals surface area contributed by atoms with E-state index in [1.807, 2.05) is 24.4 Å². The molecule has 106 valence electrons. The number of hydrogen-bond donors (Lipinski definition) is 0. The molecule has 0 saturated carbocycles. The Labute approximate surface area is 123 Å². The van der Waals surface area contributed by atoms with E-state index in [1.165, 1.54) is 0 Å². The zero-order valence-electron chi connectivity index (χ0n) is 11.2. The van der Waals surface area contributed by atoms with Crippen molar-refractivity contribution in [3.8, 4) is 10.4 Å². The first-order valence-electron chi connectivity index (χ1n) is 6.54. The number of rotatable bonds is 2. The summed E-state index contributed by atoms with van der Waals surface area (Å²) >= 11 is 1.61. The van der Waals surface area contributed by atoms with Gasteiger partial charge in [-0.05, 0) is 12.5 Å². The fourth-order valence-electron chi connectivity index (χ4n) is 2.27. The predicted molar refractivity (Wildman–Crippen MR) is 83.0 cm³/mol. The quantitative estimate of drug-likeness (QED) is 0.855. The third-order valence-corrected chi connectivity index (χ3v) is 6.79. The topological polar surface area (TPSA) is 50.3 Å². The molecule has 0 N–H and O–H groups in total. The minimum atomic E-state index is -2.91. The van der Waals surface area contributed by atoms with E-state index in [1.54, 1.807) is 18.3 Å². The van der Waals surface area contributed by atoms with Gasteiger partial charge in [0, 0.05) is 19.3 Å². The van der Waals surface area contributed by atoms with Crippen LogP contribution >= 0.6 is 11.3 Å². The lowest BCUT2D eigenvalue weighted by molar-refractivity contribution is 0.569. The Morgan fingerprint density at radius 1 is 1.30 bits per heavy atom. The van der Waals surface area contributed by atoms with E-state index in [-0.39, 0.29) is 11.0 Å².